The lowest BCUT2D eigenvalue weighted by Crippen LogP contribution is -2.40. The average Bonchev–Trinajstić information content (AvgIpc) is 3.35. The number of aryl methyl sites for hydroxylation is 1. The van der Waals surface area contributed by atoms with Crippen LogP contribution in [0.5, 0.6) is 0 Å². The van der Waals surface area contributed by atoms with Crippen molar-refractivity contribution in [3.63, 3.8) is 0 Å². The fraction of sp³-hybridized carbons (Fsp3) is 0.353. The van der Waals surface area contributed by atoms with E-state index in [2.05, 4.69) is 14.5 Å². The van der Waals surface area contributed by atoms with Gasteiger partial charge in [0.2, 0.25) is 0 Å². The van der Waals surface area contributed by atoms with Crippen molar-refractivity contribution in [2.45, 2.75) is 25.8 Å². The van der Waals surface area contributed by atoms with Crippen molar-refractivity contribution in [1.29, 1.82) is 0 Å². The summed E-state index contributed by atoms with van der Waals surface area (Å²) in [6.45, 7) is 3.43. The molecule has 124 valence electrons. The number of amides is 1. The first-order valence-electron chi connectivity index (χ1n) is 7.98. The fourth-order valence-corrected chi connectivity index (χ4v) is 3.71. The molecule has 4 heterocycles. The maximum Gasteiger partial charge on any atom is 0.257 e. The van der Waals surface area contributed by atoms with Crippen LogP contribution >= 0.6 is 11.3 Å². The second kappa shape index (κ2) is 6.24. The molecule has 1 aliphatic rings. The molecular formula is C17H18N4O2S. The summed E-state index contributed by atoms with van der Waals surface area (Å²) in [5.74, 6) is 0.660. The topological polar surface area (TPSA) is 64.2 Å². The Morgan fingerprint density at radius 2 is 2.38 bits per heavy atom. The Bertz CT molecular complexity index is 837. The Labute approximate surface area is 143 Å². The molecule has 0 aromatic carbocycles. The van der Waals surface area contributed by atoms with E-state index in [-0.39, 0.29) is 11.9 Å². The molecule has 4 rings (SSSR count). The Balaban J connectivity index is 1.50. The van der Waals surface area contributed by atoms with Crippen LogP contribution in [0, 0.1) is 6.92 Å². The highest BCUT2D eigenvalue weighted by Crippen LogP contribution is 2.26. The van der Waals surface area contributed by atoms with Gasteiger partial charge in [-0.05, 0) is 25.8 Å². The van der Waals surface area contributed by atoms with Crippen LogP contribution in [0.15, 0.2) is 40.8 Å². The first kappa shape index (κ1) is 15.1. The smallest absolute Gasteiger partial charge is 0.257 e. The summed E-state index contributed by atoms with van der Waals surface area (Å²) < 4.78 is 7.64. The Morgan fingerprint density at radius 1 is 1.46 bits per heavy atom. The predicted octanol–water partition coefficient (Wildman–Crippen LogP) is 3.39. The largest absolute Gasteiger partial charge is 0.462 e. The quantitative estimate of drug-likeness (QED) is 0.732. The third-order valence-corrected chi connectivity index (χ3v) is 5.12. The van der Waals surface area contributed by atoms with Crippen molar-refractivity contribution in [2.75, 3.05) is 13.1 Å². The highest BCUT2D eigenvalue weighted by atomic mass is 32.1. The summed E-state index contributed by atoms with van der Waals surface area (Å²) in [5.41, 5.74) is 1.37. The third-order valence-electron chi connectivity index (χ3n) is 4.35. The monoisotopic (exact) mass is 342 g/mol. The molecule has 1 unspecified atom stereocenters. The van der Waals surface area contributed by atoms with Gasteiger partial charge in [0.1, 0.15) is 12.0 Å². The molecule has 0 radical (unpaired) electrons. The number of likely N-dealkylation sites (tertiary alicyclic amines) is 1. The summed E-state index contributed by atoms with van der Waals surface area (Å²) in [5, 5.41) is 2.92. The summed E-state index contributed by atoms with van der Waals surface area (Å²) in [4.78, 5) is 23.2. The molecule has 3 aromatic rings. The number of aromatic nitrogens is 3. The van der Waals surface area contributed by atoms with E-state index in [0.29, 0.717) is 17.9 Å². The minimum atomic E-state index is 0.0155. The number of piperidine rings is 1. The molecule has 1 aliphatic heterocycles. The van der Waals surface area contributed by atoms with Gasteiger partial charge in [-0.3, -0.25) is 4.79 Å². The molecule has 6 nitrogen and oxygen atoms in total. The van der Waals surface area contributed by atoms with Gasteiger partial charge in [-0.25, -0.2) is 9.97 Å². The lowest BCUT2D eigenvalue weighted by molar-refractivity contribution is 0.0678. The molecule has 0 saturated carbocycles. The second-order valence-electron chi connectivity index (χ2n) is 6.01. The minimum Gasteiger partial charge on any atom is -0.462 e. The van der Waals surface area contributed by atoms with E-state index in [1.807, 2.05) is 29.7 Å². The average molecular weight is 342 g/mol. The second-order valence-corrected chi connectivity index (χ2v) is 7.07. The molecule has 7 heteroatoms. The predicted molar refractivity (Wildman–Crippen MR) is 91.0 cm³/mol. The highest BCUT2D eigenvalue weighted by Gasteiger charge is 2.26. The van der Waals surface area contributed by atoms with E-state index in [0.717, 1.165) is 30.1 Å². The van der Waals surface area contributed by atoms with Crippen LogP contribution in [-0.4, -0.2) is 38.4 Å². The molecule has 1 amide bonds. The van der Waals surface area contributed by atoms with E-state index in [9.17, 15) is 4.79 Å². The summed E-state index contributed by atoms with van der Waals surface area (Å²) >= 11 is 1.57. The first-order valence-corrected chi connectivity index (χ1v) is 8.86. The van der Waals surface area contributed by atoms with Gasteiger partial charge in [-0.2, -0.15) is 0 Å². The van der Waals surface area contributed by atoms with Gasteiger partial charge < -0.3 is 13.9 Å². The van der Waals surface area contributed by atoms with Crippen molar-refractivity contribution in [3.05, 3.63) is 47.0 Å². The Hall–Kier alpha value is -2.41. The van der Waals surface area contributed by atoms with Gasteiger partial charge in [0.15, 0.2) is 5.76 Å². The van der Waals surface area contributed by atoms with Crippen LogP contribution in [0.3, 0.4) is 0 Å². The zero-order chi connectivity index (χ0) is 16.5. The van der Waals surface area contributed by atoms with E-state index in [1.54, 1.807) is 23.6 Å². The zero-order valence-corrected chi connectivity index (χ0v) is 14.2. The molecule has 0 bridgehead atoms. The lowest BCUT2D eigenvalue weighted by Gasteiger charge is -2.33. The molecule has 0 spiro atoms. The van der Waals surface area contributed by atoms with Gasteiger partial charge in [0, 0.05) is 30.9 Å². The van der Waals surface area contributed by atoms with Gasteiger partial charge in [0.25, 0.3) is 5.91 Å². The number of nitrogens with zero attached hydrogens (tertiary/aromatic N) is 4. The summed E-state index contributed by atoms with van der Waals surface area (Å²) in [7, 11) is 0. The molecule has 0 aliphatic carbocycles. The molecule has 1 fully saturated rings. The Kier molecular flexibility index (Phi) is 3.93. The lowest BCUT2D eigenvalue weighted by atomic mass is 10.0. The molecule has 1 atom stereocenters. The van der Waals surface area contributed by atoms with Crippen molar-refractivity contribution < 1.29 is 9.21 Å². The van der Waals surface area contributed by atoms with Crippen molar-refractivity contribution in [3.8, 4) is 11.5 Å². The van der Waals surface area contributed by atoms with Crippen LogP contribution in [0.4, 0.5) is 0 Å². The fourth-order valence-electron chi connectivity index (χ4n) is 3.11. The standard InChI is InChI=1S/C17H18N4O2S/c1-12-19-15(10-24-12)16-7-13(9-23-16)17(22)20-5-2-3-14(8-20)21-6-4-18-11-21/h4,6-7,9-11,14H,2-3,5,8H2,1H3. The van der Waals surface area contributed by atoms with E-state index in [1.165, 1.54) is 6.26 Å². The molecule has 1 saturated heterocycles. The summed E-state index contributed by atoms with van der Waals surface area (Å²) in [6, 6.07) is 2.08. The maximum absolute atomic E-state index is 12.8. The highest BCUT2D eigenvalue weighted by molar-refractivity contribution is 7.09. The number of carbonyl (C=O) groups excluding carboxylic acids is 1. The SMILES string of the molecule is Cc1nc(-c2cc(C(=O)N3CCCC(n4ccnc4)C3)co2)cs1. The van der Waals surface area contributed by atoms with Gasteiger partial charge in [0.05, 0.1) is 22.9 Å². The number of furan rings is 1. The number of hydrogen-bond donors (Lipinski definition) is 0. The van der Waals surface area contributed by atoms with Crippen LogP contribution in [0.25, 0.3) is 11.5 Å². The molecule has 24 heavy (non-hydrogen) atoms. The van der Waals surface area contributed by atoms with Crippen LogP contribution in [0.1, 0.15) is 34.2 Å². The normalized spacial score (nSPS) is 18.0. The third kappa shape index (κ3) is 2.87. The molecular weight excluding hydrogens is 324 g/mol. The van der Waals surface area contributed by atoms with Crippen LogP contribution in [0.2, 0.25) is 0 Å². The van der Waals surface area contributed by atoms with Gasteiger partial charge >= 0.3 is 0 Å². The van der Waals surface area contributed by atoms with E-state index in [4.69, 9.17) is 4.42 Å². The minimum absolute atomic E-state index is 0.0155. The van der Waals surface area contributed by atoms with Crippen LogP contribution in [-0.2, 0) is 0 Å². The molecule has 0 N–H and O–H groups in total. The number of thiazole rings is 1. The van der Waals surface area contributed by atoms with Crippen molar-refractivity contribution >= 4 is 17.2 Å². The number of carbonyl (C=O) groups is 1. The number of hydrogen-bond acceptors (Lipinski definition) is 5. The number of rotatable bonds is 3. The van der Waals surface area contributed by atoms with E-state index >= 15 is 0 Å². The first-order chi connectivity index (χ1) is 11.7. The molecule has 3 aromatic heterocycles. The maximum atomic E-state index is 12.8. The zero-order valence-electron chi connectivity index (χ0n) is 13.4. The van der Waals surface area contributed by atoms with Crippen molar-refractivity contribution in [1.82, 2.24) is 19.4 Å². The van der Waals surface area contributed by atoms with Crippen molar-refractivity contribution in [2.24, 2.45) is 0 Å². The van der Waals surface area contributed by atoms with Gasteiger partial charge in [-0.1, -0.05) is 0 Å². The number of imidazole rings is 1. The summed E-state index contributed by atoms with van der Waals surface area (Å²) in [6.07, 6.45) is 9.14. The Morgan fingerprint density at radius 3 is 3.12 bits per heavy atom. The van der Waals surface area contributed by atoms with Crippen LogP contribution < -0.4 is 0 Å². The van der Waals surface area contributed by atoms with Gasteiger partial charge in [-0.15, -0.1) is 11.3 Å². The van der Waals surface area contributed by atoms with E-state index < -0.39 is 0 Å².